The van der Waals surface area contributed by atoms with E-state index in [2.05, 4.69) is 121 Å². The molecule has 3 aromatic rings. The molecule has 1 saturated carbocycles. The van der Waals surface area contributed by atoms with Gasteiger partial charge in [0, 0.05) is 20.2 Å². The smallest absolute Gasteiger partial charge is 0.0926 e. The SMILES string of the molecule is CC(C)N(C(c1ccccc1)N(C)C1CCCCC1)P(c1ccccc1)c1ccccc1. The molecule has 0 aromatic heterocycles. The van der Waals surface area contributed by atoms with Gasteiger partial charge in [0.05, 0.1) is 6.17 Å². The Balaban J connectivity index is 1.84. The summed E-state index contributed by atoms with van der Waals surface area (Å²) in [4.78, 5) is 2.69. The van der Waals surface area contributed by atoms with Crippen molar-refractivity contribution >= 4 is 18.7 Å². The summed E-state index contributed by atoms with van der Waals surface area (Å²) in [5.74, 6) is 0. The van der Waals surface area contributed by atoms with Crippen molar-refractivity contribution in [1.82, 2.24) is 9.57 Å². The van der Waals surface area contributed by atoms with E-state index in [4.69, 9.17) is 0 Å². The summed E-state index contributed by atoms with van der Waals surface area (Å²) < 4.78 is 2.80. The second-order valence-electron chi connectivity index (χ2n) is 9.20. The molecule has 0 N–H and O–H groups in total. The van der Waals surface area contributed by atoms with Crippen molar-refractivity contribution in [3.05, 3.63) is 96.6 Å². The van der Waals surface area contributed by atoms with Crippen LogP contribution in [0.3, 0.4) is 0 Å². The summed E-state index contributed by atoms with van der Waals surface area (Å²) in [6.07, 6.45) is 6.94. The van der Waals surface area contributed by atoms with E-state index >= 15 is 0 Å². The molecule has 2 nitrogen and oxygen atoms in total. The van der Waals surface area contributed by atoms with E-state index in [9.17, 15) is 0 Å². The van der Waals surface area contributed by atoms with Gasteiger partial charge in [-0.25, -0.2) is 0 Å². The van der Waals surface area contributed by atoms with Crippen LogP contribution in [0.25, 0.3) is 0 Å². The third-order valence-electron chi connectivity index (χ3n) is 6.65. The quantitative estimate of drug-likeness (QED) is 0.281. The molecule has 3 aromatic carbocycles. The maximum atomic E-state index is 2.80. The molecular formula is C29H37N2P. The standard InChI is InChI=1S/C29H37N2P/c1-24(2)31(32(27-20-12-6-13-21-27)28-22-14-7-15-23-28)29(25-16-8-4-9-17-25)30(3)26-18-10-5-11-19-26/h4,6-9,12-17,20-24,26,29H,5,10-11,18-19H2,1-3H3. The van der Waals surface area contributed by atoms with E-state index in [1.165, 1.54) is 48.3 Å². The largest absolute Gasteiger partial charge is 0.284 e. The van der Waals surface area contributed by atoms with Gasteiger partial charge in [-0.05, 0) is 49.9 Å². The van der Waals surface area contributed by atoms with E-state index in [1.54, 1.807) is 0 Å². The Morgan fingerprint density at radius 3 is 1.62 bits per heavy atom. The van der Waals surface area contributed by atoms with Gasteiger partial charge in [-0.2, -0.15) is 0 Å². The number of nitrogens with zero attached hydrogens (tertiary/aromatic N) is 2. The van der Waals surface area contributed by atoms with Crippen LogP contribution >= 0.6 is 8.07 Å². The highest BCUT2D eigenvalue weighted by Gasteiger charge is 2.36. The average Bonchev–Trinajstić information content (AvgIpc) is 2.86. The lowest BCUT2D eigenvalue weighted by atomic mass is 9.93. The van der Waals surface area contributed by atoms with Crippen molar-refractivity contribution in [3.63, 3.8) is 0 Å². The predicted octanol–water partition coefficient (Wildman–Crippen LogP) is 6.71. The van der Waals surface area contributed by atoms with Crippen LogP contribution in [0.15, 0.2) is 91.0 Å². The molecule has 0 saturated heterocycles. The van der Waals surface area contributed by atoms with E-state index in [-0.39, 0.29) is 6.17 Å². The van der Waals surface area contributed by atoms with Gasteiger partial charge >= 0.3 is 0 Å². The van der Waals surface area contributed by atoms with Crippen LogP contribution in [0, 0.1) is 0 Å². The maximum absolute atomic E-state index is 2.80. The molecule has 1 aliphatic carbocycles. The third kappa shape index (κ3) is 5.31. The first-order valence-electron chi connectivity index (χ1n) is 12.1. The Morgan fingerprint density at radius 1 is 0.688 bits per heavy atom. The second kappa shape index (κ2) is 11.2. The van der Waals surface area contributed by atoms with Crippen molar-refractivity contribution in [2.45, 2.75) is 64.2 Å². The van der Waals surface area contributed by atoms with Crippen LogP contribution in [-0.2, 0) is 0 Å². The van der Waals surface area contributed by atoms with Gasteiger partial charge in [0.15, 0.2) is 0 Å². The summed E-state index contributed by atoms with van der Waals surface area (Å²) in [5.41, 5.74) is 1.40. The summed E-state index contributed by atoms with van der Waals surface area (Å²) in [5, 5.41) is 2.83. The minimum atomic E-state index is -0.679. The molecule has 1 aliphatic rings. The lowest BCUT2D eigenvalue weighted by molar-refractivity contribution is 0.0561. The highest BCUT2D eigenvalue weighted by molar-refractivity contribution is 7.70. The fourth-order valence-corrected chi connectivity index (χ4v) is 7.78. The van der Waals surface area contributed by atoms with Crippen LogP contribution < -0.4 is 10.6 Å². The van der Waals surface area contributed by atoms with Crippen molar-refractivity contribution in [1.29, 1.82) is 0 Å². The van der Waals surface area contributed by atoms with Crippen molar-refractivity contribution in [3.8, 4) is 0 Å². The number of benzene rings is 3. The molecule has 0 bridgehead atoms. The van der Waals surface area contributed by atoms with E-state index in [0.717, 1.165) is 0 Å². The minimum Gasteiger partial charge on any atom is -0.284 e. The van der Waals surface area contributed by atoms with Crippen LogP contribution in [0.5, 0.6) is 0 Å². The van der Waals surface area contributed by atoms with E-state index in [1.807, 2.05) is 0 Å². The van der Waals surface area contributed by atoms with E-state index in [0.29, 0.717) is 12.1 Å². The molecular weight excluding hydrogens is 407 g/mol. The predicted molar refractivity (Wildman–Crippen MR) is 140 cm³/mol. The summed E-state index contributed by atoms with van der Waals surface area (Å²) in [6.45, 7) is 4.73. The van der Waals surface area contributed by atoms with Crippen LogP contribution in [0.1, 0.15) is 57.7 Å². The van der Waals surface area contributed by atoms with Crippen molar-refractivity contribution in [2.24, 2.45) is 0 Å². The topological polar surface area (TPSA) is 6.48 Å². The van der Waals surface area contributed by atoms with Gasteiger partial charge in [-0.15, -0.1) is 0 Å². The molecule has 1 fully saturated rings. The number of hydrogen-bond acceptors (Lipinski definition) is 2. The van der Waals surface area contributed by atoms with Crippen LogP contribution in [0.4, 0.5) is 0 Å². The first kappa shape index (κ1) is 23.2. The Kier molecular flexibility index (Phi) is 8.14. The molecule has 4 rings (SSSR count). The first-order chi connectivity index (χ1) is 15.7. The first-order valence-corrected chi connectivity index (χ1v) is 13.4. The van der Waals surface area contributed by atoms with Crippen molar-refractivity contribution < 1.29 is 0 Å². The van der Waals surface area contributed by atoms with Gasteiger partial charge < -0.3 is 0 Å². The molecule has 0 spiro atoms. The average molecular weight is 445 g/mol. The lowest BCUT2D eigenvalue weighted by Gasteiger charge is -2.48. The molecule has 1 atom stereocenters. The van der Waals surface area contributed by atoms with Crippen molar-refractivity contribution in [2.75, 3.05) is 7.05 Å². The molecule has 0 aliphatic heterocycles. The Morgan fingerprint density at radius 2 is 1.16 bits per heavy atom. The number of hydrogen-bond donors (Lipinski definition) is 0. The lowest BCUT2D eigenvalue weighted by Crippen LogP contribution is -2.47. The zero-order chi connectivity index (χ0) is 22.3. The van der Waals surface area contributed by atoms with Crippen LogP contribution in [0.2, 0.25) is 0 Å². The second-order valence-corrected chi connectivity index (χ2v) is 11.3. The maximum Gasteiger partial charge on any atom is 0.0926 e. The fraction of sp³-hybridized carbons (Fsp3) is 0.379. The molecule has 3 heteroatoms. The highest BCUT2D eigenvalue weighted by Crippen LogP contribution is 2.48. The molecule has 0 radical (unpaired) electrons. The van der Waals surface area contributed by atoms with Gasteiger partial charge in [0.2, 0.25) is 0 Å². The zero-order valence-electron chi connectivity index (χ0n) is 19.8. The summed E-state index contributed by atoms with van der Waals surface area (Å²) in [6, 6.07) is 34.5. The Bertz CT molecular complexity index is 884. The molecule has 168 valence electrons. The number of rotatable bonds is 8. The summed E-state index contributed by atoms with van der Waals surface area (Å²) in [7, 11) is 1.69. The third-order valence-corrected chi connectivity index (χ3v) is 9.36. The molecule has 0 amide bonds. The van der Waals surface area contributed by atoms with Crippen LogP contribution in [-0.4, -0.2) is 28.7 Å². The van der Waals surface area contributed by atoms with Gasteiger partial charge in [0.1, 0.15) is 0 Å². The van der Waals surface area contributed by atoms with Gasteiger partial charge in [-0.1, -0.05) is 110 Å². The van der Waals surface area contributed by atoms with Gasteiger partial charge in [-0.3, -0.25) is 9.57 Å². The minimum absolute atomic E-state index is 0.242. The molecule has 1 unspecified atom stereocenters. The fourth-order valence-electron chi connectivity index (χ4n) is 5.06. The Hall–Kier alpha value is -1.99. The zero-order valence-corrected chi connectivity index (χ0v) is 20.7. The highest BCUT2D eigenvalue weighted by atomic mass is 31.1. The normalized spacial score (nSPS) is 16.2. The van der Waals surface area contributed by atoms with Gasteiger partial charge in [0.25, 0.3) is 0 Å². The summed E-state index contributed by atoms with van der Waals surface area (Å²) >= 11 is 0. The van der Waals surface area contributed by atoms with E-state index < -0.39 is 8.07 Å². The monoisotopic (exact) mass is 444 g/mol. The molecule has 32 heavy (non-hydrogen) atoms. The Labute approximate surface area is 196 Å². The molecule has 0 heterocycles.